The third-order valence-corrected chi connectivity index (χ3v) is 3.50. The van der Waals surface area contributed by atoms with E-state index in [1.807, 2.05) is 6.07 Å². The Bertz CT molecular complexity index is 384. The van der Waals surface area contributed by atoms with E-state index >= 15 is 0 Å². The van der Waals surface area contributed by atoms with Crippen LogP contribution in [-0.4, -0.2) is 24.8 Å². The molecule has 0 saturated heterocycles. The molecule has 1 aliphatic heterocycles. The van der Waals surface area contributed by atoms with Crippen molar-refractivity contribution < 1.29 is 9.47 Å². The van der Waals surface area contributed by atoms with Crippen molar-refractivity contribution in [2.75, 3.05) is 19.9 Å². The van der Waals surface area contributed by atoms with Crippen molar-refractivity contribution in [1.82, 2.24) is 4.90 Å². The highest BCUT2D eigenvalue weighted by Gasteiger charge is 2.14. The maximum absolute atomic E-state index is 5.44. The summed E-state index contributed by atoms with van der Waals surface area (Å²) in [4.78, 5) is 2.55. The van der Waals surface area contributed by atoms with Gasteiger partial charge < -0.3 is 9.47 Å². The molecule has 3 nitrogen and oxygen atoms in total. The summed E-state index contributed by atoms with van der Waals surface area (Å²) in [6.07, 6.45) is 5.05. The van der Waals surface area contributed by atoms with Crippen molar-refractivity contribution in [2.24, 2.45) is 0 Å². The number of hydrogen-bond donors (Lipinski definition) is 0. The van der Waals surface area contributed by atoms with Crippen molar-refractivity contribution in [3.63, 3.8) is 0 Å². The third-order valence-electron chi connectivity index (χ3n) is 3.50. The van der Waals surface area contributed by atoms with Crippen LogP contribution in [0.5, 0.6) is 11.5 Å². The molecule has 0 fully saturated rings. The molecule has 0 atom stereocenters. The van der Waals surface area contributed by atoms with E-state index in [4.69, 9.17) is 9.47 Å². The Labute approximate surface area is 116 Å². The summed E-state index contributed by atoms with van der Waals surface area (Å²) in [5.41, 5.74) is 1.32. The van der Waals surface area contributed by atoms with Gasteiger partial charge in [0, 0.05) is 6.54 Å². The molecule has 0 aromatic heterocycles. The average molecular weight is 263 g/mol. The van der Waals surface area contributed by atoms with Crippen molar-refractivity contribution in [1.29, 1.82) is 0 Å². The zero-order valence-corrected chi connectivity index (χ0v) is 12.2. The van der Waals surface area contributed by atoms with Crippen LogP contribution in [0.15, 0.2) is 18.2 Å². The SMILES string of the molecule is CCCCN(CCCC)Cc1ccc2c(c1)OCO2. The molecule has 0 saturated carbocycles. The van der Waals surface area contributed by atoms with Crippen LogP contribution in [-0.2, 0) is 6.54 Å². The molecule has 19 heavy (non-hydrogen) atoms. The van der Waals surface area contributed by atoms with Gasteiger partial charge in [-0.3, -0.25) is 4.90 Å². The number of hydrogen-bond acceptors (Lipinski definition) is 3. The van der Waals surface area contributed by atoms with Crippen LogP contribution < -0.4 is 9.47 Å². The zero-order valence-electron chi connectivity index (χ0n) is 12.2. The zero-order chi connectivity index (χ0) is 13.5. The Hall–Kier alpha value is -1.22. The van der Waals surface area contributed by atoms with E-state index < -0.39 is 0 Å². The molecular weight excluding hydrogens is 238 g/mol. The lowest BCUT2D eigenvalue weighted by molar-refractivity contribution is 0.174. The topological polar surface area (TPSA) is 21.7 Å². The van der Waals surface area contributed by atoms with Gasteiger partial charge in [0.25, 0.3) is 0 Å². The quantitative estimate of drug-likeness (QED) is 0.711. The van der Waals surface area contributed by atoms with Gasteiger partial charge in [-0.1, -0.05) is 32.8 Å². The summed E-state index contributed by atoms with van der Waals surface area (Å²) >= 11 is 0. The molecule has 0 unspecified atom stereocenters. The van der Waals surface area contributed by atoms with Crippen LogP contribution >= 0.6 is 0 Å². The molecule has 0 bridgehead atoms. The summed E-state index contributed by atoms with van der Waals surface area (Å²) in [7, 11) is 0. The fourth-order valence-electron chi connectivity index (χ4n) is 2.33. The standard InChI is InChI=1S/C16H25NO2/c1-3-5-9-17(10-6-4-2)12-14-7-8-15-16(11-14)19-13-18-15/h7-8,11H,3-6,9-10,12-13H2,1-2H3. The van der Waals surface area contributed by atoms with Gasteiger partial charge in [-0.15, -0.1) is 0 Å². The second-order valence-corrected chi connectivity index (χ2v) is 5.17. The Morgan fingerprint density at radius 2 is 1.68 bits per heavy atom. The first kappa shape index (κ1) is 14.2. The largest absolute Gasteiger partial charge is 0.454 e. The van der Waals surface area contributed by atoms with Crippen LogP contribution in [0, 0.1) is 0 Å². The summed E-state index contributed by atoms with van der Waals surface area (Å²) < 4.78 is 10.8. The highest BCUT2D eigenvalue weighted by atomic mass is 16.7. The molecule has 0 amide bonds. The van der Waals surface area contributed by atoms with Crippen molar-refractivity contribution in [2.45, 2.75) is 46.1 Å². The Morgan fingerprint density at radius 3 is 2.37 bits per heavy atom. The first-order valence-corrected chi connectivity index (χ1v) is 7.44. The molecule has 0 N–H and O–H groups in total. The predicted octanol–water partition coefficient (Wildman–Crippen LogP) is 3.82. The van der Waals surface area contributed by atoms with Crippen LogP contribution in [0.4, 0.5) is 0 Å². The van der Waals surface area contributed by atoms with E-state index in [1.54, 1.807) is 0 Å². The van der Waals surface area contributed by atoms with Crippen LogP contribution in [0.1, 0.15) is 45.1 Å². The highest BCUT2D eigenvalue weighted by Crippen LogP contribution is 2.32. The van der Waals surface area contributed by atoms with Crippen molar-refractivity contribution in [3.05, 3.63) is 23.8 Å². The van der Waals surface area contributed by atoms with Gasteiger partial charge >= 0.3 is 0 Å². The lowest BCUT2D eigenvalue weighted by Gasteiger charge is -2.22. The normalized spacial score (nSPS) is 13.2. The molecule has 0 radical (unpaired) electrons. The summed E-state index contributed by atoms with van der Waals surface area (Å²) in [5.74, 6) is 1.76. The van der Waals surface area contributed by atoms with E-state index in [1.165, 1.54) is 44.3 Å². The molecule has 1 aliphatic rings. The maximum Gasteiger partial charge on any atom is 0.231 e. The van der Waals surface area contributed by atoms with Crippen LogP contribution in [0.3, 0.4) is 0 Å². The Morgan fingerprint density at radius 1 is 1.00 bits per heavy atom. The minimum Gasteiger partial charge on any atom is -0.454 e. The van der Waals surface area contributed by atoms with Gasteiger partial charge in [-0.2, -0.15) is 0 Å². The second kappa shape index (κ2) is 7.39. The first-order chi connectivity index (χ1) is 9.33. The molecule has 3 heteroatoms. The number of unbranched alkanes of at least 4 members (excludes halogenated alkanes) is 2. The summed E-state index contributed by atoms with van der Waals surface area (Å²) in [6.45, 7) is 8.23. The fourth-order valence-corrected chi connectivity index (χ4v) is 2.33. The molecule has 0 spiro atoms. The smallest absolute Gasteiger partial charge is 0.231 e. The van der Waals surface area contributed by atoms with Gasteiger partial charge in [-0.05, 0) is 43.6 Å². The number of benzene rings is 1. The van der Waals surface area contributed by atoms with Gasteiger partial charge in [0.15, 0.2) is 11.5 Å². The molecule has 106 valence electrons. The number of nitrogens with zero attached hydrogens (tertiary/aromatic N) is 1. The molecule has 1 aromatic carbocycles. The predicted molar refractivity (Wildman–Crippen MR) is 77.7 cm³/mol. The highest BCUT2D eigenvalue weighted by molar-refractivity contribution is 5.44. The summed E-state index contributed by atoms with van der Waals surface area (Å²) in [5, 5.41) is 0. The van der Waals surface area contributed by atoms with Crippen LogP contribution in [0.2, 0.25) is 0 Å². The van der Waals surface area contributed by atoms with E-state index in [2.05, 4.69) is 30.9 Å². The number of fused-ring (bicyclic) bond motifs is 1. The van der Waals surface area contributed by atoms with E-state index in [-0.39, 0.29) is 0 Å². The summed E-state index contributed by atoms with van der Waals surface area (Å²) in [6, 6.07) is 6.29. The number of ether oxygens (including phenoxy) is 2. The minimum absolute atomic E-state index is 0.355. The molecule has 0 aliphatic carbocycles. The second-order valence-electron chi connectivity index (χ2n) is 5.17. The Kier molecular flexibility index (Phi) is 5.52. The lowest BCUT2D eigenvalue weighted by Crippen LogP contribution is -2.25. The van der Waals surface area contributed by atoms with Gasteiger partial charge in [0.1, 0.15) is 0 Å². The molecule has 2 rings (SSSR count). The van der Waals surface area contributed by atoms with Gasteiger partial charge in [0.2, 0.25) is 6.79 Å². The van der Waals surface area contributed by atoms with Crippen molar-refractivity contribution in [3.8, 4) is 11.5 Å². The number of rotatable bonds is 8. The minimum atomic E-state index is 0.355. The average Bonchev–Trinajstić information content (AvgIpc) is 2.89. The van der Waals surface area contributed by atoms with Gasteiger partial charge in [-0.25, -0.2) is 0 Å². The molecule has 1 heterocycles. The van der Waals surface area contributed by atoms with E-state index in [9.17, 15) is 0 Å². The van der Waals surface area contributed by atoms with E-state index in [0.717, 1.165) is 18.0 Å². The van der Waals surface area contributed by atoms with Gasteiger partial charge in [0.05, 0.1) is 0 Å². The lowest BCUT2D eigenvalue weighted by atomic mass is 10.1. The third kappa shape index (κ3) is 4.13. The monoisotopic (exact) mass is 263 g/mol. The molecular formula is C16H25NO2. The fraction of sp³-hybridized carbons (Fsp3) is 0.625. The first-order valence-electron chi connectivity index (χ1n) is 7.44. The Balaban J connectivity index is 1.95. The van der Waals surface area contributed by atoms with Crippen molar-refractivity contribution >= 4 is 0 Å². The van der Waals surface area contributed by atoms with E-state index in [0.29, 0.717) is 6.79 Å². The molecule has 1 aromatic rings. The maximum atomic E-state index is 5.44. The van der Waals surface area contributed by atoms with Crippen LogP contribution in [0.25, 0.3) is 0 Å².